The predicted octanol–water partition coefficient (Wildman–Crippen LogP) is 5.54. The summed E-state index contributed by atoms with van der Waals surface area (Å²) >= 11 is 0. The minimum Gasteiger partial charge on any atom is -0.478 e. The molecule has 25 heavy (non-hydrogen) atoms. The van der Waals surface area contributed by atoms with Gasteiger partial charge in [0.1, 0.15) is 0 Å². The molecule has 0 amide bonds. The number of fused-ring (bicyclic) bond motifs is 1. The topological polar surface area (TPSA) is 54.3 Å². The number of benzene rings is 2. The SMILES string of the molecule is CC(C)n1ccc2cc(Nc3ccc(C4CC4)cc3C(=O)O)ccc21. The Morgan fingerprint density at radius 3 is 2.64 bits per heavy atom. The molecule has 2 aromatic carbocycles. The predicted molar refractivity (Wildman–Crippen MR) is 101 cm³/mol. The molecule has 4 nitrogen and oxygen atoms in total. The molecule has 3 aromatic rings. The van der Waals surface area contributed by atoms with Crippen molar-refractivity contribution in [3.63, 3.8) is 0 Å². The summed E-state index contributed by atoms with van der Waals surface area (Å²) in [6.45, 7) is 4.32. The average molecular weight is 334 g/mol. The minimum absolute atomic E-state index is 0.337. The summed E-state index contributed by atoms with van der Waals surface area (Å²) < 4.78 is 2.23. The van der Waals surface area contributed by atoms with Crippen molar-refractivity contribution < 1.29 is 9.90 Å². The molecule has 128 valence electrons. The first-order valence-electron chi connectivity index (χ1n) is 8.78. The zero-order chi connectivity index (χ0) is 17.6. The van der Waals surface area contributed by atoms with Crippen molar-refractivity contribution >= 4 is 28.2 Å². The Hall–Kier alpha value is -2.75. The lowest BCUT2D eigenvalue weighted by Crippen LogP contribution is -2.04. The molecule has 0 unspecified atom stereocenters. The van der Waals surface area contributed by atoms with Crippen LogP contribution in [0.5, 0.6) is 0 Å². The van der Waals surface area contributed by atoms with Crippen LogP contribution in [0.2, 0.25) is 0 Å². The van der Waals surface area contributed by atoms with Crippen molar-refractivity contribution in [1.29, 1.82) is 0 Å². The fourth-order valence-corrected chi connectivity index (χ4v) is 3.37. The molecule has 1 aromatic heterocycles. The van der Waals surface area contributed by atoms with Crippen LogP contribution in [0.15, 0.2) is 48.7 Å². The second-order valence-corrected chi connectivity index (χ2v) is 7.10. The highest BCUT2D eigenvalue weighted by molar-refractivity contribution is 5.96. The van der Waals surface area contributed by atoms with E-state index in [-0.39, 0.29) is 0 Å². The van der Waals surface area contributed by atoms with E-state index < -0.39 is 5.97 Å². The number of hydrogen-bond acceptors (Lipinski definition) is 2. The van der Waals surface area contributed by atoms with Crippen LogP contribution >= 0.6 is 0 Å². The van der Waals surface area contributed by atoms with Crippen molar-refractivity contribution in [1.82, 2.24) is 4.57 Å². The monoisotopic (exact) mass is 334 g/mol. The number of carbonyl (C=O) groups is 1. The van der Waals surface area contributed by atoms with Crippen molar-refractivity contribution in [2.45, 2.75) is 38.6 Å². The van der Waals surface area contributed by atoms with Crippen LogP contribution in [0.25, 0.3) is 10.9 Å². The van der Waals surface area contributed by atoms with Gasteiger partial charge in [-0.2, -0.15) is 0 Å². The van der Waals surface area contributed by atoms with Crippen molar-refractivity contribution in [2.75, 3.05) is 5.32 Å². The Bertz CT molecular complexity index is 952. The van der Waals surface area contributed by atoms with Gasteiger partial charge in [-0.3, -0.25) is 0 Å². The third kappa shape index (κ3) is 3.00. The standard InChI is InChI=1S/C21H22N2O2/c1-13(2)23-10-9-16-11-17(6-8-20(16)23)22-19-7-5-15(14-3-4-14)12-18(19)21(24)25/h5-14,22H,3-4H2,1-2H3,(H,24,25). The number of carboxylic acid groups (broad SMARTS) is 1. The molecule has 1 fully saturated rings. The molecule has 1 aliphatic carbocycles. The van der Waals surface area contributed by atoms with E-state index in [1.165, 1.54) is 5.52 Å². The van der Waals surface area contributed by atoms with Gasteiger partial charge in [-0.1, -0.05) is 6.07 Å². The molecule has 1 saturated carbocycles. The Morgan fingerprint density at radius 2 is 1.96 bits per heavy atom. The summed E-state index contributed by atoms with van der Waals surface area (Å²) in [5.74, 6) is -0.351. The van der Waals surface area contributed by atoms with E-state index >= 15 is 0 Å². The summed E-state index contributed by atoms with van der Waals surface area (Å²) in [5, 5.41) is 14.0. The Kier molecular flexibility index (Phi) is 3.75. The first-order valence-corrected chi connectivity index (χ1v) is 8.78. The Morgan fingerprint density at radius 1 is 1.16 bits per heavy atom. The van der Waals surface area contributed by atoms with Crippen LogP contribution in [0.1, 0.15) is 54.6 Å². The fourth-order valence-electron chi connectivity index (χ4n) is 3.37. The van der Waals surface area contributed by atoms with Crippen molar-refractivity contribution in [3.05, 3.63) is 59.8 Å². The highest BCUT2D eigenvalue weighted by atomic mass is 16.4. The summed E-state index contributed by atoms with van der Waals surface area (Å²) in [6, 6.07) is 14.4. The maximum Gasteiger partial charge on any atom is 0.337 e. The Labute approximate surface area is 147 Å². The number of nitrogens with zero attached hydrogens (tertiary/aromatic N) is 1. The van der Waals surface area contributed by atoms with E-state index in [0.717, 1.165) is 29.5 Å². The first kappa shape index (κ1) is 15.8. The number of nitrogens with one attached hydrogen (secondary N) is 1. The molecule has 0 aliphatic heterocycles. The van der Waals surface area contributed by atoms with Gasteiger partial charge < -0.3 is 15.0 Å². The van der Waals surface area contributed by atoms with Gasteiger partial charge in [0.05, 0.1) is 11.3 Å². The molecule has 0 atom stereocenters. The number of aromatic carboxylic acids is 1. The number of rotatable bonds is 5. The van der Waals surface area contributed by atoms with Gasteiger partial charge in [-0.15, -0.1) is 0 Å². The van der Waals surface area contributed by atoms with Crippen LogP contribution in [0.3, 0.4) is 0 Å². The van der Waals surface area contributed by atoms with E-state index in [4.69, 9.17) is 0 Å². The maximum atomic E-state index is 11.7. The van der Waals surface area contributed by atoms with Gasteiger partial charge in [-0.05, 0) is 74.6 Å². The zero-order valence-corrected chi connectivity index (χ0v) is 14.5. The van der Waals surface area contributed by atoms with Gasteiger partial charge in [0, 0.05) is 28.8 Å². The van der Waals surface area contributed by atoms with Gasteiger partial charge in [0.2, 0.25) is 0 Å². The van der Waals surface area contributed by atoms with Crippen LogP contribution in [-0.2, 0) is 0 Å². The largest absolute Gasteiger partial charge is 0.478 e. The molecule has 1 heterocycles. The molecule has 1 aliphatic rings. The van der Waals surface area contributed by atoms with E-state index in [1.807, 2.05) is 24.3 Å². The van der Waals surface area contributed by atoms with Crippen LogP contribution in [0.4, 0.5) is 11.4 Å². The van der Waals surface area contributed by atoms with Crippen LogP contribution in [0, 0.1) is 0 Å². The van der Waals surface area contributed by atoms with Crippen molar-refractivity contribution in [2.24, 2.45) is 0 Å². The zero-order valence-electron chi connectivity index (χ0n) is 14.5. The van der Waals surface area contributed by atoms with Gasteiger partial charge >= 0.3 is 5.97 Å². The molecular weight excluding hydrogens is 312 g/mol. The van der Waals surface area contributed by atoms with E-state index in [0.29, 0.717) is 23.2 Å². The smallest absolute Gasteiger partial charge is 0.337 e. The lowest BCUT2D eigenvalue weighted by atomic mass is 10.0. The van der Waals surface area contributed by atoms with Gasteiger partial charge in [0.15, 0.2) is 0 Å². The molecule has 0 radical (unpaired) electrons. The van der Waals surface area contributed by atoms with Gasteiger partial charge in [0.25, 0.3) is 0 Å². The maximum absolute atomic E-state index is 11.7. The number of carboxylic acids is 1. The molecule has 2 N–H and O–H groups in total. The highest BCUT2D eigenvalue weighted by Gasteiger charge is 2.25. The normalized spacial score (nSPS) is 14.2. The molecule has 4 rings (SSSR count). The van der Waals surface area contributed by atoms with Crippen molar-refractivity contribution in [3.8, 4) is 0 Å². The molecular formula is C21H22N2O2. The average Bonchev–Trinajstić information content (AvgIpc) is 3.34. The second kappa shape index (κ2) is 5.96. The molecule has 0 spiro atoms. The van der Waals surface area contributed by atoms with Gasteiger partial charge in [-0.25, -0.2) is 4.79 Å². The van der Waals surface area contributed by atoms with E-state index in [2.05, 4.69) is 48.1 Å². The highest BCUT2D eigenvalue weighted by Crippen LogP contribution is 2.41. The minimum atomic E-state index is -0.892. The lowest BCUT2D eigenvalue weighted by molar-refractivity contribution is 0.0698. The first-order chi connectivity index (χ1) is 12.0. The van der Waals surface area contributed by atoms with Crippen LogP contribution < -0.4 is 5.32 Å². The Balaban J connectivity index is 1.67. The number of aromatic nitrogens is 1. The second-order valence-electron chi connectivity index (χ2n) is 7.10. The van der Waals surface area contributed by atoms with E-state index in [1.54, 1.807) is 0 Å². The third-order valence-corrected chi connectivity index (χ3v) is 4.88. The summed E-state index contributed by atoms with van der Waals surface area (Å²) in [7, 11) is 0. The summed E-state index contributed by atoms with van der Waals surface area (Å²) in [6.07, 6.45) is 4.41. The summed E-state index contributed by atoms with van der Waals surface area (Å²) in [5.41, 5.74) is 4.19. The third-order valence-electron chi connectivity index (χ3n) is 4.88. The molecule has 0 bridgehead atoms. The molecule has 0 saturated heterocycles. The fraction of sp³-hybridized carbons (Fsp3) is 0.286. The summed E-state index contributed by atoms with van der Waals surface area (Å²) in [4.78, 5) is 11.7. The molecule has 4 heteroatoms. The number of anilines is 2. The quantitative estimate of drug-likeness (QED) is 0.644. The lowest BCUT2D eigenvalue weighted by Gasteiger charge is -2.13. The van der Waals surface area contributed by atoms with Crippen LogP contribution in [-0.4, -0.2) is 15.6 Å². The number of hydrogen-bond donors (Lipinski definition) is 2. The van der Waals surface area contributed by atoms with E-state index in [9.17, 15) is 9.90 Å².